The molecule has 0 heterocycles. The maximum atomic E-state index is 12.6. The second kappa shape index (κ2) is 4.82. The summed E-state index contributed by atoms with van der Waals surface area (Å²) in [6.45, 7) is 1.56. The lowest BCUT2D eigenvalue weighted by molar-refractivity contribution is 0.0973. The van der Waals surface area contributed by atoms with Crippen LogP contribution in [-0.2, 0) is 0 Å². The topological polar surface area (TPSA) is 112 Å². The van der Waals surface area contributed by atoms with Gasteiger partial charge in [0.05, 0.1) is 21.7 Å². The standard InChI is InChI=1S/C16H9ClO6/c1-5-2-6-11(16(23)12(5)17)15(22)10-7(13(6)20)3-9(19)8(4-18)14(10)21/h2-4,19,21,23H,1H3. The van der Waals surface area contributed by atoms with Crippen molar-refractivity contribution in [2.45, 2.75) is 6.92 Å². The maximum Gasteiger partial charge on any atom is 0.202 e. The van der Waals surface area contributed by atoms with Gasteiger partial charge in [0.15, 0.2) is 12.1 Å². The highest BCUT2D eigenvalue weighted by atomic mass is 35.5. The number of halogens is 1. The van der Waals surface area contributed by atoms with Crippen molar-refractivity contribution in [1.29, 1.82) is 0 Å². The normalized spacial score (nSPS) is 12.8. The molecule has 2 aromatic rings. The Bertz CT molecular complexity index is 929. The number of hydrogen-bond donors (Lipinski definition) is 3. The summed E-state index contributed by atoms with van der Waals surface area (Å²) < 4.78 is 0. The van der Waals surface area contributed by atoms with Crippen LogP contribution in [0.4, 0.5) is 0 Å². The van der Waals surface area contributed by atoms with Crippen LogP contribution in [0.25, 0.3) is 0 Å². The van der Waals surface area contributed by atoms with Crippen molar-refractivity contribution < 1.29 is 29.7 Å². The summed E-state index contributed by atoms with van der Waals surface area (Å²) in [6, 6.07) is 2.30. The highest BCUT2D eigenvalue weighted by Crippen LogP contribution is 2.43. The van der Waals surface area contributed by atoms with Crippen LogP contribution in [0.5, 0.6) is 17.2 Å². The second-order valence-electron chi connectivity index (χ2n) is 5.14. The number of hydrogen-bond acceptors (Lipinski definition) is 6. The van der Waals surface area contributed by atoms with Crippen molar-refractivity contribution in [1.82, 2.24) is 0 Å². The van der Waals surface area contributed by atoms with E-state index in [4.69, 9.17) is 11.6 Å². The minimum Gasteiger partial charge on any atom is -0.507 e. The monoisotopic (exact) mass is 332 g/mol. The summed E-state index contributed by atoms with van der Waals surface area (Å²) in [4.78, 5) is 36.1. The quantitative estimate of drug-likeness (QED) is 0.590. The van der Waals surface area contributed by atoms with Gasteiger partial charge in [-0.2, -0.15) is 0 Å². The van der Waals surface area contributed by atoms with Crippen LogP contribution in [-0.4, -0.2) is 33.2 Å². The molecule has 0 spiro atoms. The number of phenolic OH excluding ortho intramolecular Hbond substituents is 3. The number of aryl methyl sites for hydroxylation is 1. The molecule has 0 atom stereocenters. The average molecular weight is 333 g/mol. The van der Waals surface area contributed by atoms with Crippen LogP contribution in [0.1, 0.15) is 47.8 Å². The molecule has 0 unspecified atom stereocenters. The van der Waals surface area contributed by atoms with Gasteiger partial charge in [0.2, 0.25) is 5.78 Å². The van der Waals surface area contributed by atoms with Crippen molar-refractivity contribution in [2.24, 2.45) is 0 Å². The third-order valence-electron chi connectivity index (χ3n) is 3.80. The molecule has 0 fully saturated rings. The molecule has 1 aliphatic rings. The molecule has 0 saturated carbocycles. The fourth-order valence-electron chi connectivity index (χ4n) is 2.65. The Hall–Kier alpha value is -2.86. The molecule has 6 nitrogen and oxygen atoms in total. The Morgan fingerprint density at radius 3 is 2.13 bits per heavy atom. The van der Waals surface area contributed by atoms with E-state index in [2.05, 4.69) is 0 Å². The zero-order chi connectivity index (χ0) is 17.0. The van der Waals surface area contributed by atoms with E-state index in [1.807, 2.05) is 0 Å². The molecule has 23 heavy (non-hydrogen) atoms. The van der Waals surface area contributed by atoms with Crippen molar-refractivity contribution in [3.05, 3.63) is 50.5 Å². The minimum atomic E-state index is -0.852. The first-order valence-corrected chi connectivity index (χ1v) is 6.83. The predicted molar refractivity (Wildman–Crippen MR) is 79.9 cm³/mol. The van der Waals surface area contributed by atoms with Gasteiger partial charge in [-0.05, 0) is 24.6 Å². The molecular weight excluding hydrogens is 324 g/mol. The van der Waals surface area contributed by atoms with Gasteiger partial charge >= 0.3 is 0 Å². The second-order valence-corrected chi connectivity index (χ2v) is 5.51. The highest BCUT2D eigenvalue weighted by molar-refractivity contribution is 6.36. The van der Waals surface area contributed by atoms with E-state index in [9.17, 15) is 29.7 Å². The molecule has 0 bridgehead atoms. The Morgan fingerprint density at radius 1 is 0.957 bits per heavy atom. The number of aromatic hydroxyl groups is 3. The molecule has 3 N–H and O–H groups in total. The largest absolute Gasteiger partial charge is 0.507 e. The van der Waals surface area contributed by atoms with Gasteiger partial charge in [-0.1, -0.05) is 11.6 Å². The zero-order valence-electron chi connectivity index (χ0n) is 11.7. The number of ketones is 2. The van der Waals surface area contributed by atoms with Crippen molar-refractivity contribution in [3.63, 3.8) is 0 Å². The third-order valence-corrected chi connectivity index (χ3v) is 4.28. The molecule has 7 heteroatoms. The number of phenols is 3. The van der Waals surface area contributed by atoms with Crippen LogP contribution in [0.3, 0.4) is 0 Å². The van der Waals surface area contributed by atoms with E-state index in [1.165, 1.54) is 6.07 Å². The number of fused-ring (bicyclic) bond motifs is 2. The smallest absolute Gasteiger partial charge is 0.202 e. The van der Waals surface area contributed by atoms with E-state index in [1.54, 1.807) is 6.92 Å². The van der Waals surface area contributed by atoms with E-state index >= 15 is 0 Å². The number of rotatable bonds is 1. The summed E-state index contributed by atoms with van der Waals surface area (Å²) >= 11 is 5.91. The van der Waals surface area contributed by atoms with Crippen molar-refractivity contribution in [3.8, 4) is 17.2 Å². The first kappa shape index (κ1) is 15.1. The van der Waals surface area contributed by atoms with Gasteiger partial charge in [0.1, 0.15) is 17.2 Å². The van der Waals surface area contributed by atoms with Crippen molar-refractivity contribution >= 4 is 29.5 Å². The average Bonchev–Trinajstić information content (AvgIpc) is 2.49. The van der Waals surface area contributed by atoms with Crippen LogP contribution in [0, 0.1) is 6.92 Å². The van der Waals surface area contributed by atoms with Gasteiger partial charge < -0.3 is 15.3 Å². The van der Waals surface area contributed by atoms with E-state index in [0.29, 0.717) is 5.56 Å². The zero-order valence-corrected chi connectivity index (χ0v) is 12.4. The number of aldehydes is 1. The fourth-order valence-corrected chi connectivity index (χ4v) is 2.80. The Morgan fingerprint density at radius 2 is 1.52 bits per heavy atom. The summed E-state index contributed by atoms with van der Waals surface area (Å²) in [6.07, 6.45) is 0.167. The van der Waals surface area contributed by atoms with Crippen LogP contribution in [0.2, 0.25) is 5.02 Å². The molecule has 0 aromatic heterocycles. The predicted octanol–water partition coefficient (Wildman–Crippen LogP) is 2.35. The molecule has 0 saturated heterocycles. The SMILES string of the molecule is Cc1cc2c(c(O)c1Cl)C(=O)c1c(cc(O)c(C=O)c1O)C2=O. The first-order valence-electron chi connectivity index (χ1n) is 6.45. The molecule has 116 valence electrons. The van der Waals surface area contributed by atoms with Crippen LogP contribution >= 0.6 is 11.6 Å². The lowest BCUT2D eigenvalue weighted by Gasteiger charge is -2.21. The summed E-state index contributed by atoms with van der Waals surface area (Å²) in [5.41, 5.74) is -1.23. The highest BCUT2D eigenvalue weighted by Gasteiger charge is 2.37. The number of carbonyl (C=O) groups excluding carboxylic acids is 3. The minimum absolute atomic E-state index is 0.0813. The van der Waals surface area contributed by atoms with Gasteiger partial charge in [0.25, 0.3) is 0 Å². The summed E-state index contributed by atoms with van der Waals surface area (Å²) in [5, 5.41) is 29.8. The maximum absolute atomic E-state index is 12.6. The molecule has 0 amide bonds. The lowest BCUT2D eigenvalue weighted by atomic mass is 9.81. The summed E-state index contributed by atoms with van der Waals surface area (Å²) in [5.74, 6) is -3.51. The Balaban J connectivity index is 2.43. The lowest BCUT2D eigenvalue weighted by Crippen LogP contribution is -2.22. The van der Waals surface area contributed by atoms with Gasteiger partial charge in [-0.3, -0.25) is 14.4 Å². The van der Waals surface area contributed by atoms with Crippen LogP contribution < -0.4 is 0 Å². The molecule has 2 aromatic carbocycles. The fraction of sp³-hybridized carbons (Fsp3) is 0.0625. The van der Waals surface area contributed by atoms with E-state index in [0.717, 1.165) is 6.07 Å². The van der Waals surface area contributed by atoms with E-state index < -0.39 is 39.9 Å². The first-order chi connectivity index (χ1) is 10.8. The summed E-state index contributed by atoms with van der Waals surface area (Å²) in [7, 11) is 0. The molecule has 0 aliphatic heterocycles. The molecule has 3 rings (SSSR count). The number of benzene rings is 2. The molecule has 1 aliphatic carbocycles. The third kappa shape index (κ3) is 1.85. The van der Waals surface area contributed by atoms with Gasteiger partial charge in [-0.25, -0.2) is 0 Å². The van der Waals surface area contributed by atoms with Crippen molar-refractivity contribution in [2.75, 3.05) is 0 Å². The van der Waals surface area contributed by atoms with Gasteiger partial charge in [-0.15, -0.1) is 0 Å². The van der Waals surface area contributed by atoms with Crippen LogP contribution in [0.15, 0.2) is 12.1 Å². The Kier molecular flexibility index (Phi) is 3.16. The van der Waals surface area contributed by atoms with Gasteiger partial charge in [0, 0.05) is 11.1 Å². The van der Waals surface area contributed by atoms with E-state index in [-0.39, 0.29) is 28.0 Å². The Labute approximate surface area is 134 Å². The molecule has 0 radical (unpaired) electrons. The number of carbonyl (C=O) groups is 3. The molecular formula is C16H9ClO6.